The van der Waals surface area contributed by atoms with Crippen molar-refractivity contribution in [3.63, 3.8) is 0 Å². The summed E-state index contributed by atoms with van der Waals surface area (Å²) in [4.78, 5) is 41.8. The highest BCUT2D eigenvalue weighted by molar-refractivity contribution is 7.15. The van der Waals surface area contributed by atoms with Crippen molar-refractivity contribution in [2.75, 3.05) is 31.5 Å². The number of aromatic nitrogens is 2. The number of amides is 3. The average molecular weight is 462 g/mol. The Morgan fingerprint density at radius 1 is 0.935 bits per heavy atom. The fourth-order valence-electron chi connectivity index (χ4n) is 3.99. The van der Waals surface area contributed by atoms with Crippen molar-refractivity contribution in [1.82, 2.24) is 20.0 Å². The number of carbonyl (C=O) groups excluding carboxylic acids is 3. The molecule has 0 radical (unpaired) electrons. The first kappa shape index (κ1) is 21.7. The molecule has 0 bridgehead atoms. The maximum Gasteiger partial charge on any atom is 0.286 e. The molecule has 1 aromatic heterocycles. The van der Waals surface area contributed by atoms with Crippen LogP contribution >= 0.6 is 22.9 Å². The monoisotopic (exact) mass is 461 g/mol. The smallest absolute Gasteiger partial charge is 0.286 e. The summed E-state index contributed by atoms with van der Waals surface area (Å²) in [7, 11) is 0. The van der Waals surface area contributed by atoms with E-state index >= 15 is 0 Å². The van der Waals surface area contributed by atoms with Crippen LogP contribution in [0, 0.1) is 5.92 Å². The van der Waals surface area contributed by atoms with Gasteiger partial charge in [0, 0.05) is 36.9 Å². The minimum Gasteiger partial charge on any atom is -0.342 e. The van der Waals surface area contributed by atoms with E-state index in [9.17, 15) is 14.4 Å². The number of likely N-dealkylation sites (tertiary alicyclic amines) is 2. The number of halogens is 1. The van der Waals surface area contributed by atoms with E-state index in [4.69, 9.17) is 11.6 Å². The molecule has 2 aromatic rings. The van der Waals surface area contributed by atoms with Gasteiger partial charge in [-0.15, -0.1) is 10.2 Å². The van der Waals surface area contributed by atoms with Gasteiger partial charge in [0.25, 0.3) is 11.8 Å². The minimum absolute atomic E-state index is 0.108. The lowest BCUT2D eigenvalue weighted by Gasteiger charge is -2.35. The molecule has 2 fully saturated rings. The van der Waals surface area contributed by atoms with Crippen LogP contribution in [-0.4, -0.2) is 63.9 Å². The second-order valence-corrected chi connectivity index (χ2v) is 9.26. The largest absolute Gasteiger partial charge is 0.342 e. The van der Waals surface area contributed by atoms with Gasteiger partial charge in [-0.3, -0.25) is 14.4 Å². The summed E-state index contributed by atoms with van der Waals surface area (Å²) < 4.78 is 0. The van der Waals surface area contributed by atoms with Crippen molar-refractivity contribution in [2.45, 2.75) is 32.1 Å². The molecule has 1 unspecified atom stereocenters. The van der Waals surface area contributed by atoms with Gasteiger partial charge in [-0.1, -0.05) is 22.9 Å². The summed E-state index contributed by atoms with van der Waals surface area (Å²) >= 11 is 6.81. The summed E-state index contributed by atoms with van der Waals surface area (Å²) in [5.74, 6) is -0.733. The zero-order valence-electron chi connectivity index (χ0n) is 17.1. The molecule has 0 aliphatic carbocycles. The van der Waals surface area contributed by atoms with Crippen molar-refractivity contribution in [2.24, 2.45) is 5.92 Å². The van der Waals surface area contributed by atoms with Gasteiger partial charge in [0.1, 0.15) is 0 Å². The molecule has 31 heavy (non-hydrogen) atoms. The van der Waals surface area contributed by atoms with Crippen molar-refractivity contribution < 1.29 is 14.4 Å². The molecule has 8 nitrogen and oxygen atoms in total. The second kappa shape index (κ2) is 9.74. The number of benzene rings is 1. The number of piperidine rings is 2. The van der Waals surface area contributed by atoms with E-state index in [1.165, 1.54) is 6.42 Å². The van der Waals surface area contributed by atoms with E-state index in [1.807, 2.05) is 4.90 Å². The van der Waals surface area contributed by atoms with Crippen LogP contribution in [0.1, 0.15) is 51.7 Å². The fourth-order valence-corrected chi connectivity index (χ4v) is 4.82. The van der Waals surface area contributed by atoms with Crippen LogP contribution in [0.25, 0.3) is 0 Å². The molecule has 164 valence electrons. The molecule has 2 saturated heterocycles. The van der Waals surface area contributed by atoms with Crippen molar-refractivity contribution in [3.05, 3.63) is 39.3 Å². The average Bonchev–Trinajstić information content (AvgIpc) is 3.31. The van der Waals surface area contributed by atoms with Crippen LogP contribution in [0.3, 0.4) is 0 Å². The van der Waals surface area contributed by atoms with Gasteiger partial charge in [0.15, 0.2) is 0 Å². The van der Waals surface area contributed by atoms with Crippen LogP contribution in [-0.2, 0) is 4.79 Å². The van der Waals surface area contributed by atoms with Gasteiger partial charge in [-0.25, -0.2) is 0 Å². The number of nitrogens with zero attached hydrogens (tertiary/aromatic N) is 4. The van der Waals surface area contributed by atoms with Crippen molar-refractivity contribution in [1.29, 1.82) is 0 Å². The maximum absolute atomic E-state index is 12.9. The Hall–Kier alpha value is -2.52. The van der Waals surface area contributed by atoms with Gasteiger partial charge in [-0.2, -0.15) is 0 Å². The lowest BCUT2D eigenvalue weighted by Crippen LogP contribution is -2.47. The van der Waals surface area contributed by atoms with E-state index < -0.39 is 5.91 Å². The summed E-state index contributed by atoms with van der Waals surface area (Å²) in [6.45, 7) is 2.59. The van der Waals surface area contributed by atoms with E-state index in [-0.39, 0.29) is 27.7 Å². The highest BCUT2D eigenvalue weighted by Crippen LogP contribution is 2.24. The van der Waals surface area contributed by atoms with E-state index in [1.54, 1.807) is 29.2 Å². The number of hydrogen-bond donors (Lipinski definition) is 1. The highest BCUT2D eigenvalue weighted by atomic mass is 35.5. The molecule has 10 heteroatoms. The molecule has 2 aliphatic rings. The molecule has 0 saturated carbocycles. The quantitative estimate of drug-likeness (QED) is 0.753. The molecular formula is C21H24ClN5O3S. The first-order chi connectivity index (χ1) is 15.0. The first-order valence-electron chi connectivity index (χ1n) is 10.5. The third-order valence-electron chi connectivity index (χ3n) is 5.63. The van der Waals surface area contributed by atoms with Crippen molar-refractivity contribution >= 4 is 46.3 Å². The summed E-state index contributed by atoms with van der Waals surface area (Å²) in [5.41, 5.74) is 0.576. The Kier molecular flexibility index (Phi) is 6.82. The molecule has 2 aliphatic heterocycles. The Balaban J connectivity index is 1.37. The van der Waals surface area contributed by atoms with Crippen LogP contribution in [0.2, 0.25) is 5.02 Å². The number of carbonyl (C=O) groups is 3. The second-order valence-electron chi connectivity index (χ2n) is 7.85. The van der Waals surface area contributed by atoms with Crippen LogP contribution in [0.5, 0.6) is 0 Å². The fraction of sp³-hybridized carbons (Fsp3) is 0.476. The van der Waals surface area contributed by atoms with Gasteiger partial charge in [0.2, 0.25) is 15.9 Å². The number of hydrogen-bond acceptors (Lipinski definition) is 6. The standard InChI is InChI=1S/C21H24ClN5O3S/c22-15-6-8-16(9-7-15)23-17(28)18-24-25-19(31-18)21(30)27-12-4-5-14(13-27)20(29)26-10-2-1-3-11-26/h6-9,14H,1-5,10-13H2,(H,23,28). The van der Waals surface area contributed by atoms with E-state index in [0.717, 1.165) is 50.1 Å². The van der Waals surface area contributed by atoms with E-state index in [0.29, 0.717) is 23.8 Å². The number of rotatable bonds is 4. The van der Waals surface area contributed by atoms with Crippen LogP contribution in [0.4, 0.5) is 5.69 Å². The van der Waals surface area contributed by atoms with Crippen molar-refractivity contribution in [3.8, 4) is 0 Å². The SMILES string of the molecule is O=C(Nc1ccc(Cl)cc1)c1nnc(C(=O)N2CCCC(C(=O)N3CCCCC3)C2)s1. The Morgan fingerprint density at radius 2 is 1.61 bits per heavy atom. The third kappa shape index (κ3) is 5.22. The summed E-state index contributed by atoms with van der Waals surface area (Å²) in [6, 6.07) is 6.70. The predicted octanol–water partition coefficient (Wildman–Crippen LogP) is 3.31. The van der Waals surface area contributed by atoms with Crippen LogP contribution < -0.4 is 5.32 Å². The zero-order chi connectivity index (χ0) is 21.8. The lowest BCUT2D eigenvalue weighted by molar-refractivity contribution is -0.137. The molecule has 4 rings (SSSR count). The molecule has 1 atom stereocenters. The number of nitrogens with one attached hydrogen (secondary N) is 1. The Morgan fingerprint density at radius 3 is 2.35 bits per heavy atom. The van der Waals surface area contributed by atoms with Gasteiger partial charge < -0.3 is 15.1 Å². The molecular weight excluding hydrogens is 438 g/mol. The molecule has 3 amide bonds. The van der Waals surface area contributed by atoms with Gasteiger partial charge in [0.05, 0.1) is 5.92 Å². The number of anilines is 1. The van der Waals surface area contributed by atoms with Crippen LogP contribution in [0.15, 0.2) is 24.3 Å². The molecule has 1 aromatic carbocycles. The Labute approximate surface area is 189 Å². The maximum atomic E-state index is 12.9. The van der Waals surface area contributed by atoms with E-state index in [2.05, 4.69) is 15.5 Å². The predicted molar refractivity (Wildman–Crippen MR) is 118 cm³/mol. The molecule has 0 spiro atoms. The third-order valence-corrected chi connectivity index (χ3v) is 6.79. The highest BCUT2D eigenvalue weighted by Gasteiger charge is 2.33. The zero-order valence-corrected chi connectivity index (χ0v) is 18.6. The normalized spacial score (nSPS) is 19.2. The Bertz CT molecular complexity index is 958. The summed E-state index contributed by atoms with van der Waals surface area (Å²) in [5, 5.41) is 11.4. The first-order valence-corrected chi connectivity index (χ1v) is 11.7. The lowest BCUT2D eigenvalue weighted by atomic mass is 9.95. The molecule has 1 N–H and O–H groups in total. The molecule has 3 heterocycles. The van der Waals surface area contributed by atoms with Gasteiger partial charge >= 0.3 is 0 Å². The summed E-state index contributed by atoms with van der Waals surface area (Å²) in [6.07, 6.45) is 4.84. The minimum atomic E-state index is -0.435. The topological polar surface area (TPSA) is 95.5 Å². The van der Waals surface area contributed by atoms with Gasteiger partial charge in [-0.05, 0) is 56.4 Å².